The summed E-state index contributed by atoms with van der Waals surface area (Å²) in [7, 11) is 1.98. The number of hydrogen-bond acceptors (Lipinski definition) is 1. The second-order valence-corrected chi connectivity index (χ2v) is 3.73. The highest BCUT2D eigenvalue weighted by Crippen LogP contribution is 2.24. The van der Waals surface area contributed by atoms with Crippen molar-refractivity contribution in [2.24, 2.45) is 7.05 Å². The molecule has 1 atom stereocenters. The van der Waals surface area contributed by atoms with Crippen LogP contribution in [0.2, 0.25) is 0 Å². The van der Waals surface area contributed by atoms with Gasteiger partial charge < -0.3 is 9.67 Å². The molecule has 0 fully saturated rings. The van der Waals surface area contributed by atoms with Gasteiger partial charge in [0.25, 0.3) is 0 Å². The van der Waals surface area contributed by atoms with Crippen LogP contribution in [0.1, 0.15) is 18.2 Å². The van der Waals surface area contributed by atoms with Gasteiger partial charge in [0, 0.05) is 18.3 Å². The van der Waals surface area contributed by atoms with Crippen LogP contribution >= 0.6 is 0 Å². The Labute approximate surface area is 89.5 Å². The lowest BCUT2D eigenvalue weighted by Gasteiger charge is -2.09. The van der Waals surface area contributed by atoms with E-state index in [2.05, 4.69) is 18.7 Å². The van der Waals surface area contributed by atoms with E-state index in [-0.39, 0.29) is 0 Å². The van der Waals surface area contributed by atoms with Gasteiger partial charge in [-0.2, -0.15) is 0 Å². The van der Waals surface area contributed by atoms with Crippen LogP contribution in [0.4, 0.5) is 0 Å². The first-order valence-electron chi connectivity index (χ1n) is 5.07. The lowest BCUT2D eigenvalue weighted by atomic mass is 10.2. The molecule has 0 bridgehead atoms. The van der Waals surface area contributed by atoms with Gasteiger partial charge in [-0.25, -0.2) is 0 Å². The number of aryl methyl sites for hydroxylation is 1. The lowest BCUT2D eigenvalue weighted by molar-refractivity contribution is 0.174. The van der Waals surface area contributed by atoms with Gasteiger partial charge in [-0.05, 0) is 23.9 Å². The molecular formula is C13H15NO. The fraction of sp³-hybridized carbons (Fsp3) is 0.231. The van der Waals surface area contributed by atoms with Gasteiger partial charge in [0.1, 0.15) is 0 Å². The fourth-order valence-electron chi connectivity index (χ4n) is 1.91. The Hall–Kier alpha value is -1.54. The molecule has 1 heterocycles. The highest BCUT2D eigenvalue weighted by Gasteiger charge is 2.11. The van der Waals surface area contributed by atoms with Crippen LogP contribution in [0.15, 0.2) is 43.0 Å². The second-order valence-electron chi connectivity index (χ2n) is 3.73. The van der Waals surface area contributed by atoms with Crippen molar-refractivity contribution >= 4 is 10.9 Å². The monoisotopic (exact) mass is 201 g/mol. The molecule has 1 aromatic carbocycles. The first kappa shape index (κ1) is 9.99. The largest absolute Gasteiger partial charge is 0.387 e. The van der Waals surface area contributed by atoms with Gasteiger partial charge in [0.2, 0.25) is 0 Å². The number of aliphatic hydroxyl groups is 1. The zero-order valence-corrected chi connectivity index (χ0v) is 8.85. The maximum absolute atomic E-state index is 9.91. The molecule has 2 nitrogen and oxygen atoms in total. The molecule has 2 rings (SSSR count). The van der Waals surface area contributed by atoms with E-state index < -0.39 is 6.10 Å². The minimum atomic E-state index is -0.458. The molecule has 0 aliphatic carbocycles. The smallest absolute Gasteiger partial charge is 0.0974 e. The number of nitrogens with zero attached hydrogens (tertiary/aromatic N) is 1. The molecule has 0 saturated heterocycles. The van der Waals surface area contributed by atoms with E-state index >= 15 is 0 Å². The summed E-state index contributed by atoms with van der Waals surface area (Å²) in [6, 6.07) is 10.2. The minimum absolute atomic E-state index is 0.458. The summed E-state index contributed by atoms with van der Waals surface area (Å²) in [4.78, 5) is 0. The quantitative estimate of drug-likeness (QED) is 0.759. The van der Waals surface area contributed by atoms with Crippen molar-refractivity contribution < 1.29 is 5.11 Å². The topological polar surface area (TPSA) is 25.2 Å². The Morgan fingerprint density at radius 3 is 2.87 bits per heavy atom. The van der Waals surface area contributed by atoms with Crippen molar-refractivity contribution in [2.75, 3.05) is 0 Å². The first-order valence-corrected chi connectivity index (χ1v) is 5.07. The maximum Gasteiger partial charge on any atom is 0.0974 e. The van der Waals surface area contributed by atoms with Crippen LogP contribution in [0.3, 0.4) is 0 Å². The molecular weight excluding hydrogens is 186 g/mol. The standard InChI is InChI=1S/C13H15NO/c1-3-6-13(15)12-9-10-7-4-5-8-11(10)14(12)2/h3-5,7-9,13,15H,1,6H2,2H3/t13-/m1/s1. The Kier molecular flexibility index (Phi) is 2.60. The fourth-order valence-corrected chi connectivity index (χ4v) is 1.91. The van der Waals surface area contributed by atoms with E-state index in [0.717, 1.165) is 16.6 Å². The Morgan fingerprint density at radius 2 is 2.20 bits per heavy atom. The van der Waals surface area contributed by atoms with Gasteiger partial charge in [-0.3, -0.25) is 0 Å². The normalized spacial score (nSPS) is 12.9. The first-order chi connectivity index (χ1) is 7.24. The highest BCUT2D eigenvalue weighted by molar-refractivity contribution is 5.81. The van der Waals surface area contributed by atoms with Gasteiger partial charge in [-0.15, -0.1) is 6.58 Å². The van der Waals surface area contributed by atoms with Crippen molar-refractivity contribution in [2.45, 2.75) is 12.5 Å². The Bertz CT molecular complexity index is 484. The molecule has 0 amide bonds. The van der Waals surface area contributed by atoms with Crippen molar-refractivity contribution in [3.05, 3.63) is 48.7 Å². The van der Waals surface area contributed by atoms with Crippen molar-refractivity contribution in [3.63, 3.8) is 0 Å². The zero-order valence-electron chi connectivity index (χ0n) is 8.85. The summed E-state index contributed by atoms with van der Waals surface area (Å²) < 4.78 is 2.03. The molecule has 2 heteroatoms. The number of aromatic nitrogens is 1. The van der Waals surface area contributed by atoms with E-state index in [1.807, 2.05) is 29.8 Å². The molecule has 1 aromatic heterocycles. The number of aliphatic hydroxyl groups excluding tert-OH is 1. The Morgan fingerprint density at radius 1 is 1.47 bits per heavy atom. The van der Waals surface area contributed by atoms with E-state index in [0.29, 0.717) is 6.42 Å². The summed E-state index contributed by atoms with van der Waals surface area (Å²) in [5, 5.41) is 11.1. The van der Waals surface area contributed by atoms with Crippen LogP contribution in [-0.2, 0) is 7.05 Å². The number of benzene rings is 1. The van der Waals surface area contributed by atoms with Crippen molar-refractivity contribution in [3.8, 4) is 0 Å². The zero-order chi connectivity index (χ0) is 10.8. The van der Waals surface area contributed by atoms with E-state index in [9.17, 15) is 5.11 Å². The van der Waals surface area contributed by atoms with Gasteiger partial charge >= 0.3 is 0 Å². The summed E-state index contributed by atoms with van der Waals surface area (Å²) in [6.45, 7) is 3.64. The predicted molar refractivity (Wildman–Crippen MR) is 62.7 cm³/mol. The molecule has 78 valence electrons. The second kappa shape index (κ2) is 3.91. The summed E-state index contributed by atoms with van der Waals surface area (Å²) in [6.07, 6.45) is 1.87. The van der Waals surface area contributed by atoms with Gasteiger partial charge in [0.15, 0.2) is 0 Å². The molecule has 0 spiro atoms. The molecule has 1 N–H and O–H groups in total. The minimum Gasteiger partial charge on any atom is -0.387 e. The molecule has 0 aliphatic rings. The number of hydrogen-bond donors (Lipinski definition) is 1. The lowest BCUT2D eigenvalue weighted by Crippen LogP contribution is -2.02. The van der Waals surface area contributed by atoms with Gasteiger partial charge in [-0.1, -0.05) is 24.3 Å². The highest BCUT2D eigenvalue weighted by atomic mass is 16.3. The average Bonchev–Trinajstić information content (AvgIpc) is 2.57. The Balaban J connectivity index is 2.52. The van der Waals surface area contributed by atoms with Crippen LogP contribution in [0, 0.1) is 0 Å². The summed E-state index contributed by atoms with van der Waals surface area (Å²) >= 11 is 0. The van der Waals surface area contributed by atoms with Crippen LogP contribution in [0.5, 0.6) is 0 Å². The number of fused-ring (bicyclic) bond motifs is 1. The third-order valence-corrected chi connectivity index (χ3v) is 2.72. The third kappa shape index (κ3) is 1.68. The summed E-state index contributed by atoms with van der Waals surface area (Å²) in [5.41, 5.74) is 2.09. The van der Waals surface area contributed by atoms with E-state index in [1.165, 1.54) is 0 Å². The molecule has 15 heavy (non-hydrogen) atoms. The molecule has 0 radical (unpaired) electrons. The molecule has 0 saturated carbocycles. The SMILES string of the molecule is C=CC[C@@H](O)c1cc2ccccc2n1C. The number of rotatable bonds is 3. The molecule has 2 aromatic rings. The number of para-hydroxylation sites is 1. The van der Waals surface area contributed by atoms with Crippen LogP contribution < -0.4 is 0 Å². The van der Waals surface area contributed by atoms with Gasteiger partial charge in [0.05, 0.1) is 6.10 Å². The molecule has 0 unspecified atom stereocenters. The maximum atomic E-state index is 9.91. The van der Waals surface area contributed by atoms with Crippen molar-refractivity contribution in [1.29, 1.82) is 0 Å². The van der Waals surface area contributed by atoms with Crippen LogP contribution in [-0.4, -0.2) is 9.67 Å². The van der Waals surface area contributed by atoms with Crippen LogP contribution in [0.25, 0.3) is 10.9 Å². The predicted octanol–water partition coefficient (Wildman–Crippen LogP) is 2.79. The summed E-state index contributed by atoms with van der Waals surface area (Å²) in [5.74, 6) is 0. The average molecular weight is 201 g/mol. The third-order valence-electron chi connectivity index (χ3n) is 2.72. The van der Waals surface area contributed by atoms with Crippen molar-refractivity contribution in [1.82, 2.24) is 4.57 Å². The molecule has 0 aliphatic heterocycles. The van der Waals surface area contributed by atoms with E-state index in [1.54, 1.807) is 6.08 Å². The van der Waals surface area contributed by atoms with E-state index in [4.69, 9.17) is 0 Å².